The second-order valence-electron chi connectivity index (χ2n) is 6.84. The minimum atomic E-state index is -1.57. The van der Waals surface area contributed by atoms with Crippen molar-refractivity contribution in [3.63, 3.8) is 0 Å². The number of benzene rings is 2. The highest BCUT2D eigenvalue weighted by Gasteiger charge is 2.44. The summed E-state index contributed by atoms with van der Waals surface area (Å²) in [5.74, 6) is 0.354. The van der Waals surface area contributed by atoms with Crippen molar-refractivity contribution >= 4 is 12.2 Å². The molecule has 9 nitrogen and oxygen atoms in total. The Labute approximate surface area is 172 Å². The maximum absolute atomic E-state index is 10.1. The van der Waals surface area contributed by atoms with Crippen molar-refractivity contribution in [1.82, 2.24) is 0 Å². The summed E-state index contributed by atoms with van der Waals surface area (Å²) in [5, 5.41) is 58.9. The molecular formula is C21H24O9. The molecular weight excluding hydrogens is 396 g/mol. The molecule has 9 heteroatoms. The second-order valence-corrected chi connectivity index (χ2v) is 6.84. The van der Waals surface area contributed by atoms with E-state index >= 15 is 0 Å². The number of rotatable bonds is 6. The lowest BCUT2D eigenvalue weighted by molar-refractivity contribution is -0.277. The number of aromatic hydroxyl groups is 2. The molecule has 0 aliphatic carbocycles. The third-order valence-electron chi connectivity index (χ3n) is 4.69. The largest absolute Gasteiger partial charge is 0.508 e. The van der Waals surface area contributed by atoms with Crippen molar-refractivity contribution in [2.45, 2.75) is 30.7 Å². The van der Waals surface area contributed by atoms with Crippen molar-refractivity contribution in [3.05, 3.63) is 47.5 Å². The summed E-state index contributed by atoms with van der Waals surface area (Å²) in [6, 6.07) is 9.19. The van der Waals surface area contributed by atoms with Crippen LogP contribution < -0.4 is 9.47 Å². The molecule has 0 aromatic heterocycles. The van der Waals surface area contributed by atoms with E-state index in [1.807, 2.05) is 0 Å². The van der Waals surface area contributed by atoms with E-state index in [2.05, 4.69) is 0 Å². The van der Waals surface area contributed by atoms with Crippen LogP contribution in [0.4, 0.5) is 0 Å². The first-order valence-electron chi connectivity index (χ1n) is 9.18. The summed E-state index contributed by atoms with van der Waals surface area (Å²) in [4.78, 5) is 0. The van der Waals surface area contributed by atoms with E-state index in [1.165, 1.54) is 25.3 Å². The van der Waals surface area contributed by atoms with Gasteiger partial charge in [-0.2, -0.15) is 0 Å². The first kappa shape index (κ1) is 21.9. The Balaban J connectivity index is 1.77. The fraction of sp³-hybridized carbons (Fsp3) is 0.333. The summed E-state index contributed by atoms with van der Waals surface area (Å²) in [6.07, 6.45) is -3.72. The predicted molar refractivity (Wildman–Crippen MR) is 106 cm³/mol. The van der Waals surface area contributed by atoms with E-state index in [-0.39, 0.29) is 17.2 Å². The fourth-order valence-electron chi connectivity index (χ4n) is 3.07. The van der Waals surface area contributed by atoms with Crippen LogP contribution in [0.25, 0.3) is 12.2 Å². The van der Waals surface area contributed by atoms with Crippen LogP contribution in [0, 0.1) is 0 Å². The van der Waals surface area contributed by atoms with Crippen molar-refractivity contribution in [1.29, 1.82) is 0 Å². The summed E-state index contributed by atoms with van der Waals surface area (Å²) in [6.45, 7) is -0.576. The molecule has 0 saturated carbocycles. The molecule has 1 fully saturated rings. The van der Waals surface area contributed by atoms with Crippen LogP contribution in [0.5, 0.6) is 23.0 Å². The van der Waals surface area contributed by atoms with E-state index in [4.69, 9.17) is 14.2 Å². The van der Waals surface area contributed by atoms with Crippen LogP contribution in [0.1, 0.15) is 11.1 Å². The summed E-state index contributed by atoms with van der Waals surface area (Å²) < 4.78 is 15.8. The molecule has 1 aliphatic rings. The van der Waals surface area contributed by atoms with Crippen LogP contribution in [-0.4, -0.2) is 75.1 Å². The molecule has 2 aromatic carbocycles. The highest BCUT2D eigenvalue weighted by molar-refractivity contribution is 5.72. The first-order chi connectivity index (χ1) is 14.3. The molecule has 0 bridgehead atoms. The average molecular weight is 420 g/mol. The lowest BCUT2D eigenvalue weighted by Crippen LogP contribution is -2.60. The van der Waals surface area contributed by atoms with Crippen LogP contribution in [0.15, 0.2) is 36.4 Å². The van der Waals surface area contributed by atoms with Gasteiger partial charge in [-0.25, -0.2) is 0 Å². The summed E-state index contributed by atoms with van der Waals surface area (Å²) in [7, 11) is 1.45. The minimum Gasteiger partial charge on any atom is -0.508 e. The monoisotopic (exact) mass is 420 g/mol. The van der Waals surface area contributed by atoms with E-state index in [9.17, 15) is 30.6 Å². The van der Waals surface area contributed by atoms with Gasteiger partial charge in [-0.3, -0.25) is 0 Å². The number of phenolic OH excluding ortho intramolecular Hbond substituents is 2. The Morgan fingerprint density at radius 3 is 2.33 bits per heavy atom. The van der Waals surface area contributed by atoms with Gasteiger partial charge in [-0.15, -0.1) is 0 Å². The molecule has 1 aliphatic heterocycles. The standard InChI is InChI=1S/C21H24O9/c1-28-16-5-4-11(8-15(16)24)2-3-12-6-13(23)9-14(7-12)29-21-20(27)19(26)18(25)17(10-22)30-21/h2-9,17-27H,10H2,1H3/t17-,18+,19+,20+,21-/m0/s1. The van der Waals surface area contributed by atoms with Crippen molar-refractivity contribution in [2.24, 2.45) is 0 Å². The molecule has 3 rings (SSSR count). The molecule has 1 heterocycles. The van der Waals surface area contributed by atoms with Gasteiger partial charge in [0.25, 0.3) is 0 Å². The average Bonchev–Trinajstić information content (AvgIpc) is 2.72. The number of aliphatic hydroxyl groups is 4. The van der Waals surface area contributed by atoms with Gasteiger partial charge < -0.3 is 44.8 Å². The van der Waals surface area contributed by atoms with Crippen LogP contribution in [-0.2, 0) is 4.74 Å². The van der Waals surface area contributed by atoms with E-state index < -0.39 is 37.3 Å². The van der Waals surface area contributed by atoms with Gasteiger partial charge >= 0.3 is 0 Å². The Morgan fingerprint density at radius 1 is 0.933 bits per heavy atom. The predicted octanol–water partition coefficient (Wildman–Crippen LogP) is 0.455. The summed E-state index contributed by atoms with van der Waals surface area (Å²) >= 11 is 0. The zero-order valence-electron chi connectivity index (χ0n) is 16.1. The minimum absolute atomic E-state index is 0.0119. The van der Waals surface area contributed by atoms with Crippen molar-refractivity contribution in [2.75, 3.05) is 13.7 Å². The molecule has 0 amide bonds. The quantitative estimate of drug-likeness (QED) is 0.366. The van der Waals surface area contributed by atoms with Gasteiger partial charge in [-0.1, -0.05) is 18.2 Å². The maximum Gasteiger partial charge on any atom is 0.229 e. The van der Waals surface area contributed by atoms with E-state index in [0.29, 0.717) is 16.9 Å². The molecule has 0 radical (unpaired) electrons. The Kier molecular flexibility index (Phi) is 6.80. The van der Waals surface area contributed by atoms with Gasteiger partial charge in [-0.05, 0) is 35.4 Å². The number of hydrogen-bond acceptors (Lipinski definition) is 9. The normalized spacial score (nSPS) is 26.6. The Hall–Kier alpha value is -2.82. The number of hydrogen-bond donors (Lipinski definition) is 6. The van der Waals surface area contributed by atoms with Crippen LogP contribution >= 0.6 is 0 Å². The highest BCUT2D eigenvalue weighted by Crippen LogP contribution is 2.30. The van der Waals surface area contributed by atoms with Crippen molar-refractivity contribution in [3.8, 4) is 23.0 Å². The van der Waals surface area contributed by atoms with E-state index in [0.717, 1.165) is 0 Å². The van der Waals surface area contributed by atoms with Gasteiger partial charge in [0.1, 0.15) is 35.9 Å². The lowest BCUT2D eigenvalue weighted by Gasteiger charge is -2.39. The zero-order valence-corrected chi connectivity index (χ0v) is 16.1. The number of phenols is 2. The third kappa shape index (κ3) is 4.84. The Morgan fingerprint density at radius 2 is 1.67 bits per heavy atom. The molecule has 0 spiro atoms. The first-order valence-corrected chi connectivity index (χ1v) is 9.18. The van der Waals surface area contributed by atoms with Gasteiger partial charge in [0, 0.05) is 6.07 Å². The molecule has 2 aromatic rings. The molecule has 162 valence electrons. The Bertz CT molecular complexity index is 896. The fourth-order valence-corrected chi connectivity index (χ4v) is 3.07. The van der Waals surface area contributed by atoms with Crippen LogP contribution in [0.2, 0.25) is 0 Å². The number of ether oxygens (including phenoxy) is 3. The maximum atomic E-state index is 10.1. The topological polar surface area (TPSA) is 149 Å². The van der Waals surface area contributed by atoms with Gasteiger partial charge in [0.2, 0.25) is 6.29 Å². The van der Waals surface area contributed by atoms with Gasteiger partial charge in [0.15, 0.2) is 11.5 Å². The molecule has 30 heavy (non-hydrogen) atoms. The number of aliphatic hydroxyl groups excluding tert-OH is 4. The molecule has 1 saturated heterocycles. The number of methoxy groups -OCH3 is 1. The lowest BCUT2D eigenvalue weighted by atomic mass is 9.99. The SMILES string of the molecule is COc1ccc(C=Cc2cc(O)cc(O[C@H]3O[C@@H](CO)[C@@H](O)[C@@H](O)[C@H]3O)c2)cc1O. The van der Waals surface area contributed by atoms with Crippen molar-refractivity contribution < 1.29 is 44.8 Å². The van der Waals surface area contributed by atoms with Gasteiger partial charge in [0.05, 0.1) is 13.7 Å². The molecule has 6 N–H and O–H groups in total. The zero-order chi connectivity index (χ0) is 21.8. The van der Waals surface area contributed by atoms with Crippen LogP contribution in [0.3, 0.4) is 0 Å². The molecule has 0 unspecified atom stereocenters. The second kappa shape index (κ2) is 9.33. The van der Waals surface area contributed by atoms with E-state index in [1.54, 1.807) is 30.4 Å². The summed E-state index contributed by atoms with van der Waals surface area (Å²) in [5.41, 5.74) is 1.23. The molecule has 5 atom stereocenters. The third-order valence-corrected chi connectivity index (χ3v) is 4.69. The smallest absolute Gasteiger partial charge is 0.229 e. The highest BCUT2D eigenvalue weighted by atomic mass is 16.7.